The summed E-state index contributed by atoms with van der Waals surface area (Å²) in [6.45, 7) is 6.99. The first-order valence-corrected chi connectivity index (χ1v) is 14.3. The zero-order chi connectivity index (χ0) is 25.4. The van der Waals surface area contributed by atoms with E-state index in [1.54, 1.807) is 33.8 Å². The summed E-state index contributed by atoms with van der Waals surface area (Å²) < 4.78 is 28.7. The van der Waals surface area contributed by atoms with Gasteiger partial charge in [-0.15, -0.1) is 11.3 Å². The highest BCUT2D eigenvalue weighted by Gasteiger charge is 2.27. The summed E-state index contributed by atoms with van der Waals surface area (Å²) in [5, 5.41) is 14.5. The van der Waals surface area contributed by atoms with E-state index in [0.29, 0.717) is 16.3 Å². The van der Waals surface area contributed by atoms with E-state index in [1.165, 1.54) is 17.8 Å². The third kappa shape index (κ3) is 5.91. The number of carbonyl (C=O) groups excluding carboxylic acids is 1. The van der Waals surface area contributed by atoms with Gasteiger partial charge in [-0.05, 0) is 51.5 Å². The van der Waals surface area contributed by atoms with Gasteiger partial charge in [0.1, 0.15) is 0 Å². The molecule has 1 saturated carbocycles. The van der Waals surface area contributed by atoms with Crippen molar-refractivity contribution in [2.75, 3.05) is 6.54 Å². The summed E-state index contributed by atoms with van der Waals surface area (Å²) >= 11 is 1.32. The predicted molar refractivity (Wildman–Crippen MR) is 140 cm³/mol. The van der Waals surface area contributed by atoms with Gasteiger partial charge in [0.15, 0.2) is 5.01 Å². The molecule has 1 aliphatic rings. The number of amides is 1. The first kappa shape index (κ1) is 25.8. The molecule has 0 unspecified atom stereocenters. The van der Waals surface area contributed by atoms with Gasteiger partial charge in [-0.2, -0.15) is 0 Å². The number of carbonyl (C=O) groups is 1. The molecule has 3 N–H and O–H groups in total. The molecule has 1 heterocycles. The second-order valence-corrected chi connectivity index (χ2v) is 12.9. The lowest BCUT2D eigenvalue weighted by molar-refractivity contribution is 0.0694. The molecule has 1 fully saturated rings. The summed E-state index contributed by atoms with van der Waals surface area (Å²) in [7, 11) is -3.69. The lowest BCUT2D eigenvalue weighted by Crippen LogP contribution is -2.38. The van der Waals surface area contributed by atoms with Crippen molar-refractivity contribution in [2.24, 2.45) is 5.92 Å². The van der Waals surface area contributed by atoms with Gasteiger partial charge >= 0.3 is 0 Å². The summed E-state index contributed by atoms with van der Waals surface area (Å²) in [5.74, 6) is 0.229. The molecular weight excluding hydrogens is 482 g/mol. The zero-order valence-electron chi connectivity index (χ0n) is 20.6. The van der Waals surface area contributed by atoms with Crippen LogP contribution in [0.1, 0.15) is 62.5 Å². The Morgan fingerprint density at radius 3 is 2.46 bits per heavy atom. The van der Waals surface area contributed by atoms with E-state index < -0.39 is 15.6 Å². The average molecular weight is 516 g/mol. The van der Waals surface area contributed by atoms with Gasteiger partial charge in [0.2, 0.25) is 10.0 Å². The number of thiazole rings is 1. The number of rotatable bonds is 9. The van der Waals surface area contributed by atoms with Crippen LogP contribution in [-0.4, -0.2) is 42.6 Å². The molecule has 1 aromatic heterocycles. The lowest BCUT2D eigenvalue weighted by Gasteiger charge is -2.24. The molecule has 2 aromatic carbocycles. The van der Waals surface area contributed by atoms with Crippen LogP contribution in [0.5, 0.6) is 0 Å². The van der Waals surface area contributed by atoms with Crippen LogP contribution in [0.2, 0.25) is 0 Å². The first-order chi connectivity index (χ1) is 16.4. The third-order valence-electron chi connectivity index (χ3n) is 6.09. The first-order valence-electron chi connectivity index (χ1n) is 12.0. The Hall–Kier alpha value is -2.33. The smallest absolute Gasteiger partial charge is 0.280 e. The van der Waals surface area contributed by atoms with Crippen LogP contribution < -0.4 is 10.0 Å². The van der Waals surface area contributed by atoms with Crippen molar-refractivity contribution < 1.29 is 18.3 Å². The fourth-order valence-corrected chi connectivity index (χ4v) is 6.73. The molecule has 0 bridgehead atoms. The molecule has 9 heteroatoms. The van der Waals surface area contributed by atoms with Gasteiger partial charge < -0.3 is 10.4 Å². The Morgan fingerprint density at radius 2 is 1.86 bits per heavy atom. The second kappa shape index (κ2) is 9.97. The standard InChI is InChI=1S/C26H33N3O4S2/c1-16(2)29-35(32,33)22-13-12-20(18-10-5-6-11-19(18)22)23-21(14-17-8-7-9-17)28-25(34-23)24(30)27-15-26(3,4)31/h5-6,10-13,16-17,29,31H,7-9,14-15H2,1-4H3,(H,27,30). The molecule has 0 saturated heterocycles. The highest BCUT2D eigenvalue weighted by Crippen LogP contribution is 2.40. The normalized spacial score (nSPS) is 14.9. The number of benzene rings is 2. The lowest BCUT2D eigenvalue weighted by atomic mass is 9.81. The fourth-order valence-electron chi connectivity index (χ4n) is 4.22. The van der Waals surface area contributed by atoms with Crippen molar-refractivity contribution in [3.8, 4) is 10.4 Å². The molecule has 35 heavy (non-hydrogen) atoms. The minimum absolute atomic E-state index is 0.122. The van der Waals surface area contributed by atoms with Crippen LogP contribution in [0.3, 0.4) is 0 Å². The average Bonchev–Trinajstić information content (AvgIpc) is 3.16. The molecule has 0 atom stereocenters. The second-order valence-electron chi connectivity index (χ2n) is 10.2. The summed E-state index contributed by atoms with van der Waals surface area (Å²) in [6, 6.07) is 10.7. The minimum atomic E-state index is -3.69. The maximum absolute atomic E-state index is 13.0. The van der Waals surface area contributed by atoms with Gasteiger partial charge in [0.25, 0.3) is 5.91 Å². The number of nitrogens with one attached hydrogen (secondary N) is 2. The van der Waals surface area contributed by atoms with Crippen molar-refractivity contribution in [3.05, 3.63) is 47.1 Å². The number of aliphatic hydroxyl groups is 1. The highest BCUT2D eigenvalue weighted by molar-refractivity contribution is 7.89. The quantitative estimate of drug-likeness (QED) is 0.389. The third-order valence-corrected chi connectivity index (χ3v) is 8.94. The maximum atomic E-state index is 13.0. The summed E-state index contributed by atoms with van der Waals surface area (Å²) in [4.78, 5) is 18.7. The van der Waals surface area contributed by atoms with E-state index >= 15 is 0 Å². The van der Waals surface area contributed by atoms with Crippen molar-refractivity contribution in [1.29, 1.82) is 0 Å². The Morgan fingerprint density at radius 1 is 1.17 bits per heavy atom. The van der Waals surface area contributed by atoms with Crippen molar-refractivity contribution in [3.63, 3.8) is 0 Å². The Kier molecular flexibility index (Phi) is 7.33. The van der Waals surface area contributed by atoms with Crippen LogP contribution in [0.4, 0.5) is 0 Å². The van der Waals surface area contributed by atoms with E-state index in [2.05, 4.69) is 10.0 Å². The Labute approximate surface area is 211 Å². The van der Waals surface area contributed by atoms with Gasteiger partial charge in [0.05, 0.1) is 21.1 Å². The SMILES string of the molecule is CC(C)NS(=O)(=O)c1ccc(-c2sc(C(=O)NCC(C)(C)O)nc2CC2CCC2)c2ccccc12. The van der Waals surface area contributed by atoms with Crippen molar-refractivity contribution in [2.45, 2.75) is 69.9 Å². The monoisotopic (exact) mass is 515 g/mol. The molecule has 7 nitrogen and oxygen atoms in total. The van der Waals surface area contributed by atoms with Crippen molar-refractivity contribution >= 4 is 38.0 Å². The van der Waals surface area contributed by atoms with Gasteiger partial charge in [-0.3, -0.25) is 4.79 Å². The highest BCUT2D eigenvalue weighted by atomic mass is 32.2. The van der Waals surface area contributed by atoms with E-state index in [4.69, 9.17) is 4.98 Å². The fraction of sp³-hybridized carbons (Fsp3) is 0.462. The minimum Gasteiger partial charge on any atom is -0.389 e. The summed E-state index contributed by atoms with van der Waals surface area (Å²) in [6.07, 6.45) is 4.29. The summed E-state index contributed by atoms with van der Waals surface area (Å²) in [5.41, 5.74) is 0.720. The molecular formula is C26H33N3O4S2. The molecule has 3 aromatic rings. The maximum Gasteiger partial charge on any atom is 0.280 e. The van der Waals surface area contributed by atoms with Crippen LogP contribution in [0, 0.1) is 5.92 Å². The van der Waals surface area contributed by atoms with E-state index in [0.717, 1.165) is 40.8 Å². The Bertz CT molecular complexity index is 1340. The molecule has 4 rings (SSSR count). The molecule has 188 valence electrons. The number of sulfonamides is 1. The topological polar surface area (TPSA) is 108 Å². The van der Waals surface area contributed by atoms with Gasteiger partial charge in [-0.1, -0.05) is 49.6 Å². The van der Waals surface area contributed by atoms with E-state index in [-0.39, 0.29) is 23.4 Å². The number of hydrogen-bond donors (Lipinski definition) is 3. The molecule has 0 radical (unpaired) electrons. The number of nitrogens with zero attached hydrogens (tertiary/aromatic N) is 1. The predicted octanol–water partition coefficient (Wildman–Crippen LogP) is 4.49. The van der Waals surface area contributed by atoms with Crippen LogP contribution in [0.25, 0.3) is 21.2 Å². The van der Waals surface area contributed by atoms with Gasteiger partial charge in [0, 0.05) is 23.5 Å². The number of aromatic nitrogens is 1. The number of fused-ring (bicyclic) bond motifs is 1. The van der Waals surface area contributed by atoms with Crippen LogP contribution >= 0.6 is 11.3 Å². The van der Waals surface area contributed by atoms with Crippen LogP contribution in [0.15, 0.2) is 41.3 Å². The number of hydrogen-bond acceptors (Lipinski definition) is 6. The molecule has 0 aliphatic heterocycles. The van der Waals surface area contributed by atoms with Gasteiger partial charge in [-0.25, -0.2) is 18.1 Å². The largest absolute Gasteiger partial charge is 0.389 e. The molecule has 1 aliphatic carbocycles. The van der Waals surface area contributed by atoms with E-state index in [1.807, 2.05) is 30.3 Å². The van der Waals surface area contributed by atoms with Crippen LogP contribution in [-0.2, 0) is 16.4 Å². The Balaban J connectivity index is 1.80. The van der Waals surface area contributed by atoms with Crippen molar-refractivity contribution in [1.82, 2.24) is 15.0 Å². The zero-order valence-corrected chi connectivity index (χ0v) is 22.2. The van der Waals surface area contributed by atoms with E-state index in [9.17, 15) is 18.3 Å². The molecule has 0 spiro atoms. The molecule has 1 amide bonds.